The minimum Gasteiger partial charge on any atom is -0.384 e. The van der Waals surface area contributed by atoms with Gasteiger partial charge in [-0.2, -0.15) is 0 Å². The van der Waals surface area contributed by atoms with Crippen LogP contribution >= 0.6 is 0 Å². The summed E-state index contributed by atoms with van der Waals surface area (Å²) in [7, 11) is 0. The lowest BCUT2D eigenvalue weighted by Gasteiger charge is -2.24. The highest BCUT2D eigenvalue weighted by Gasteiger charge is 2.23. The first-order valence-corrected chi connectivity index (χ1v) is 8.40. The van der Waals surface area contributed by atoms with Crippen LogP contribution in [0, 0.1) is 0 Å². The van der Waals surface area contributed by atoms with Crippen LogP contribution in [0.25, 0.3) is 0 Å². The molecule has 0 spiro atoms. The van der Waals surface area contributed by atoms with Crippen molar-refractivity contribution < 1.29 is 14.6 Å². The van der Waals surface area contributed by atoms with Crippen LogP contribution in [0.1, 0.15) is 31.9 Å². The topological polar surface area (TPSA) is 70.6 Å². The summed E-state index contributed by atoms with van der Waals surface area (Å²) in [6.45, 7) is 6.24. The monoisotopic (exact) mass is 342 g/mol. The van der Waals surface area contributed by atoms with E-state index >= 15 is 0 Å². The summed E-state index contributed by atoms with van der Waals surface area (Å²) in [6, 6.07) is 16.4. The molecule has 0 unspecified atom stereocenters. The minimum atomic E-state index is -1.13. The molecular weight excluding hydrogens is 316 g/mol. The summed E-state index contributed by atoms with van der Waals surface area (Å²) < 4.78 is 5.57. The Balaban J connectivity index is 1.89. The molecule has 1 atom stereocenters. The Hall–Kier alpha value is -2.37. The van der Waals surface area contributed by atoms with E-state index in [0.717, 1.165) is 11.1 Å². The zero-order chi connectivity index (χ0) is 18.3. The Kier molecular flexibility index (Phi) is 6.56. The van der Waals surface area contributed by atoms with Crippen LogP contribution in [0.2, 0.25) is 0 Å². The van der Waals surface area contributed by atoms with Gasteiger partial charge in [-0.1, -0.05) is 42.5 Å². The average Bonchev–Trinajstić information content (AvgIpc) is 2.59. The molecule has 0 saturated carbocycles. The normalized spacial score (nSPS) is 13.3. The van der Waals surface area contributed by atoms with Crippen LogP contribution in [0.4, 0.5) is 10.5 Å². The molecule has 0 fully saturated rings. The number of carbonyl (C=O) groups is 1. The molecule has 2 aromatic carbocycles. The van der Waals surface area contributed by atoms with Gasteiger partial charge in [-0.25, -0.2) is 4.79 Å². The average molecular weight is 342 g/mol. The van der Waals surface area contributed by atoms with E-state index in [1.54, 1.807) is 6.92 Å². The number of benzene rings is 2. The van der Waals surface area contributed by atoms with Crippen molar-refractivity contribution >= 4 is 11.7 Å². The molecule has 25 heavy (non-hydrogen) atoms. The molecule has 0 aromatic heterocycles. The summed E-state index contributed by atoms with van der Waals surface area (Å²) in [4.78, 5) is 12.1. The van der Waals surface area contributed by atoms with Crippen LogP contribution in [-0.4, -0.2) is 23.8 Å². The minimum absolute atomic E-state index is 0.110. The molecule has 134 valence electrons. The first-order chi connectivity index (χ1) is 11.9. The van der Waals surface area contributed by atoms with Crippen molar-refractivity contribution in [2.45, 2.75) is 39.1 Å². The summed E-state index contributed by atoms with van der Waals surface area (Å²) in [5, 5.41) is 16.0. The first kappa shape index (κ1) is 19.0. The highest BCUT2D eigenvalue weighted by Crippen LogP contribution is 2.19. The fourth-order valence-electron chi connectivity index (χ4n) is 2.33. The number of nitrogens with one attached hydrogen (secondary N) is 2. The summed E-state index contributed by atoms with van der Waals surface area (Å²) in [5.41, 5.74) is 1.29. The van der Waals surface area contributed by atoms with Gasteiger partial charge in [0, 0.05) is 5.69 Å². The zero-order valence-electron chi connectivity index (χ0n) is 15.0. The number of aliphatic hydroxyl groups is 1. The molecule has 2 aromatic rings. The predicted molar refractivity (Wildman–Crippen MR) is 99.4 cm³/mol. The van der Waals surface area contributed by atoms with Crippen LogP contribution in [0.5, 0.6) is 0 Å². The van der Waals surface area contributed by atoms with Crippen molar-refractivity contribution in [2.24, 2.45) is 0 Å². The van der Waals surface area contributed by atoms with Gasteiger partial charge >= 0.3 is 6.03 Å². The first-order valence-electron chi connectivity index (χ1n) is 8.40. The molecule has 0 radical (unpaired) electrons. The Morgan fingerprint density at radius 1 is 1.16 bits per heavy atom. The van der Waals surface area contributed by atoms with Gasteiger partial charge in [-0.15, -0.1) is 0 Å². The number of hydrogen-bond donors (Lipinski definition) is 3. The maximum atomic E-state index is 12.1. The van der Waals surface area contributed by atoms with Crippen molar-refractivity contribution in [3.63, 3.8) is 0 Å². The van der Waals surface area contributed by atoms with E-state index in [2.05, 4.69) is 10.6 Å². The zero-order valence-corrected chi connectivity index (χ0v) is 15.0. The van der Waals surface area contributed by atoms with Crippen LogP contribution in [0.3, 0.4) is 0 Å². The van der Waals surface area contributed by atoms with Crippen molar-refractivity contribution in [1.29, 1.82) is 0 Å². The number of urea groups is 1. The summed E-state index contributed by atoms with van der Waals surface area (Å²) in [6.07, 6.45) is 0.153. The molecule has 0 aliphatic heterocycles. The van der Waals surface area contributed by atoms with E-state index in [4.69, 9.17) is 4.74 Å². The molecular formula is C20H26N2O3. The number of ether oxygens (including phenoxy) is 1. The number of hydrogen-bond acceptors (Lipinski definition) is 3. The molecule has 2 rings (SSSR count). The largest absolute Gasteiger partial charge is 0.384 e. The third-order valence-electron chi connectivity index (χ3n) is 3.76. The lowest BCUT2D eigenvalue weighted by Crippen LogP contribution is -2.40. The van der Waals surface area contributed by atoms with E-state index < -0.39 is 5.60 Å². The van der Waals surface area contributed by atoms with E-state index in [1.807, 2.05) is 68.4 Å². The predicted octanol–water partition coefficient (Wildman–Crippen LogP) is 3.64. The van der Waals surface area contributed by atoms with Gasteiger partial charge in [0.15, 0.2) is 0 Å². The standard InChI is InChI=1S/C20H26N2O3/c1-15(2)25-13-16-8-7-11-18(12-16)22-19(23)21-14-20(3,24)17-9-5-4-6-10-17/h4-12,15,24H,13-14H2,1-3H3,(H2,21,22,23)/t20-/m1/s1. The SMILES string of the molecule is CC(C)OCc1cccc(NC(=O)NC[C@@](C)(O)c2ccccc2)c1. The second-order valence-corrected chi connectivity index (χ2v) is 6.51. The molecule has 0 bridgehead atoms. The fourth-order valence-corrected chi connectivity index (χ4v) is 2.33. The van der Waals surface area contributed by atoms with Gasteiger partial charge in [0.2, 0.25) is 0 Å². The van der Waals surface area contributed by atoms with Crippen molar-refractivity contribution in [3.05, 3.63) is 65.7 Å². The number of carbonyl (C=O) groups excluding carboxylic acids is 1. The van der Waals surface area contributed by atoms with Crippen molar-refractivity contribution in [2.75, 3.05) is 11.9 Å². The van der Waals surface area contributed by atoms with E-state index in [9.17, 15) is 9.90 Å². The molecule has 0 heterocycles. The van der Waals surface area contributed by atoms with E-state index in [-0.39, 0.29) is 18.7 Å². The third kappa shape index (κ3) is 6.21. The van der Waals surface area contributed by atoms with Crippen molar-refractivity contribution in [1.82, 2.24) is 5.32 Å². The fraction of sp³-hybridized carbons (Fsp3) is 0.350. The maximum absolute atomic E-state index is 12.1. The Labute approximate surface area is 149 Å². The van der Waals surface area contributed by atoms with Gasteiger partial charge in [0.05, 0.1) is 19.3 Å². The van der Waals surface area contributed by atoms with Gasteiger partial charge in [0.25, 0.3) is 0 Å². The highest BCUT2D eigenvalue weighted by atomic mass is 16.5. The molecule has 5 nitrogen and oxygen atoms in total. The second-order valence-electron chi connectivity index (χ2n) is 6.51. The van der Waals surface area contributed by atoms with E-state index in [0.29, 0.717) is 12.3 Å². The number of amides is 2. The maximum Gasteiger partial charge on any atom is 0.319 e. The number of anilines is 1. The van der Waals surface area contributed by atoms with Gasteiger partial charge < -0.3 is 20.5 Å². The molecule has 3 N–H and O–H groups in total. The molecule has 0 aliphatic carbocycles. The highest BCUT2D eigenvalue weighted by molar-refractivity contribution is 5.89. The Morgan fingerprint density at radius 3 is 2.56 bits per heavy atom. The smallest absolute Gasteiger partial charge is 0.319 e. The van der Waals surface area contributed by atoms with E-state index in [1.165, 1.54) is 0 Å². The van der Waals surface area contributed by atoms with Gasteiger partial charge in [-0.3, -0.25) is 0 Å². The van der Waals surface area contributed by atoms with Crippen LogP contribution in [0.15, 0.2) is 54.6 Å². The van der Waals surface area contributed by atoms with Crippen molar-refractivity contribution in [3.8, 4) is 0 Å². The summed E-state index contributed by atoms with van der Waals surface area (Å²) in [5.74, 6) is 0. The van der Waals surface area contributed by atoms with Crippen LogP contribution in [-0.2, 0) is 16.9 Å². The van der Waals surface area contributed by atoms with Gasteiger partial charge in [0.1, 0.15) is 5.60 Å². The Bertz CT molecular complexity index is 684. The van der Waals surface area contributed by atoms with Gasteiger partial charge in [-0.05, 0) is 44.0 Å². The second kappa shape index (κ2) is 8.65. The van der Waals surface area contributed by atoms with Crippen LogP contribution < -0.4 is 10.6 Å². The molecule has 0 aliphatic rings. The lowest BCUT2D eigenvalue weighted by molar-refractivity contribution is 0.0599. The Morgan fingerprint density at radius 2 is 1.88 bits per heavy atom. The number of rotatable bonds is 7. The molecule has 0 saturated heterocycles. The molecule has 2 amide bonds. The summed E-state index contributed by atoms with van der Waals surface area (Å²) >= 11 is 0. The quantitative estimate of drug-likeness (QED) is 0.719. The third-order valence-corrected chi connectivity index (χ3v) is 3.76. The molecule has 5 heteroatoms. The lowest BCUT2D eigenvalue weighted by atomic mass is 9.96.